The molecule has 11 rings (SSSR count). The molecule has 0 aliphatic heterocycles. The molecule has 11 aromatic rings. The summed E-state index contributed by atoms with van der Waals surface area (Å²) in [4.78, 5) is 3.76. The van der Waals surface area contributed by atoms with E-state index >= 15 is 0 Å². The zero-order valence-electron chi connectivity index (χ0n) is 24.9. The van der Waals surface area contributed by atoms with E-state index < -0.39 is 0 Å². The van der Waals surface area contributed by atoms with Crippen molar-refractivity contribution in [2.24, 2.45) is 0 Å². The van der Waals surface area contributed by atoms with Crippen molar-refractivity contribution in [3.8, 4) is 16.8 Å². The van der Waals surface area contributed by atoms with Crippen molar-refractivity contribution >= 4 is 86.7 Å². The molecule has 212 valence electrons. The predicted octanol–water partition coefficient (Wildman–Crippen LogP) is 12.1. The first-order valence-corrected chi connectivity index (χ1v) is 16.0. The summed E-state index contributed by atoms with van der Waals surface area (Å²) in [6, 6.07) is 55.8. The topological polar surface area (TPSA) is 20.7 Å². The van der Waals surface area contributed by atoms with Crippen LogP contribution in [0, 0.1) is 0 Å². The third-order valence-corrected chi connectivity index (χ3v) is 10.2. The number of nitrogens with one attached hydrogen (secondary N) is 1. The van der Waals surface area contributed by atoms with Gasteiger partial charge in [-0.05, 0) is 90.6 Å². The lowest BCUT2D eigenvalue weighted by atomic mass is 9.87. The lowest BCUT2D eigenvalue weighted by molar-refractivity contribution is 1.18. The summed E-state index contributed by atoms with van der Waals surface area (Å²) >= 11 is 0. The first-order chi connectivity index (χ1) is 22.8. The zero-order chi connectivity index (χ0) is 29.9. The van der Waals surface area contributed by atoms with Crippen LogP contribution in [0.1, 0.15) is 0 Å². The molecule has 0 amide bonds. The first-order valence-electron chi connectivity index (χ1n) is 16.0. The van der Waals surface area contributed by atoms with Crippen LogP contribution >= 0.6 is 0 Å². The standard InChI is InChI=1S/C44H26N2/c1-2-11-26(12-3-1)27-13-8-14-28(23-27)46-39-22-7-5-16-32(39)44-34-20-10-18-30-29-17-9-19-33-41(29)35(36(42(30)34)25-40(44)46)24-38-43(33)31-15-4-6-21-37(31)45-38/h1-25,45H. The number of aromatic amines is 1. The van der Waals surface area contributed by atoms with Crippen LogP contribution in [0.3, 0.4) is 0 Å². The molecule has 0 aliphatic carbocycles. The first kappa shape index (κ1) is 24.2. The van der Waals surface area contributed by atoms with Crippen LogP contribution in [0.2, 0.25) is 0 Å². The molecule has 0 unspecified atom stereocenters. The van der Waals surface area contributed by atoms with Crippen LogP contribution in [0.15, 0.2) is 152 Å². The van der Waals surface area contributed by atoms with E-state index in [0.29, 0.717) is 0 Å². The highest BCUT2D eigenvalue weighted by Crippen LogP contribution is 2.48. The van der Waals surface area contributed by atoms with E-state index in [-0.39, 0.29) is 0 Å². The van der Waals surface area contributed by atoms with Crippen molar-refractivity contribution in [1.29, 1.82) is 0 Å². The molecule has 2 heteroatoms. The minimum Gasteiger partial charge on any atom is -0.354 e. The minimum absolute atomic E-state index is 1.17. The van der Waals surface area contributed by atoms with E-state index in [9.17, 15) is 0 Å². The molecule has 0 aliphatic rings. The van der Waals surface area contributed by atoms with Crippen molar-refractivity contribution in [3.63, 3.8) is 0 Å². The number of nitrogens with zero attached hydrogens (tertiary/aromatic N) is 1. The SMILES string of the molecule is c1ccc(-c2cccc(-n3c4ccccc4c4c5cccc6c7cccc8c9c(cc(c(cc43)c65)c78)[nH]c3ccccc39)c2)cc1. The molecule has 2 aromatic heterocycles. The molecule has 0 saturated carbocycles. The molecule has 0 spiro atoms. The van der Waals surface area contributed by atoms with Gasteiger partial charge in [-0.25, -0.2) is 0 Å². The predicted molar refractivity (Wildman–Crippen MR) is 197 cm³/mol. The quantitative estimate of drug-likeness (QED) is 0.155. The summed E-state index contributed by atoms with van der Waals surface area (Å²) in [5.41, 5.74) is 8.42. The maximum atomic E-state index is 3.76. The molecular formula is C44H26N2. The zero-order valence-corrected chi connectivity index (χ0v) is 24.9. The van der Waals surface area contributed by atoms with Gasteiger partial charge in [-0.3, -0.25) is 0 Å². The molecule has 0 radical (unpaired) electrons. The van der Waals surface area contributed by atoms with E-state index in [4.69, 9.17) is 0 Å². The number of fused-ring (bicyclic) bond motifs is 10. The summed E-state index contributed by atoms with van der Waals surface area (Å²) in [6.45, 7) is 0. The third kappa shape index (κ3) is 3.05. The van der Waals surface area contributed by atoms with Crippen molar-refractivity contribution in [2.75, 3.05) is 0 Å². The fourth-order valence-corrected chi connectivity index (χ4v) is 8.37. The average molecular weight is 583 g/mol. The average Bonchev–Trinajstić information content (AvgIpc) is 3.66. The van der Waals surface area contributed by atoms with Crippen molar-refractivity contribution in [1.82, 2.24) is 9.55 Å². The number of hydrogen-bond acceptors (Lipinski definition) is 0. The van der Waals surface area contributed by atoms with Crippen LogP contribution in [-0.2, 0) is 0 Å². The molecule has 1 N–H and O–H groups in total. The van der Waals surface area contributed by atoms with Gasteiger partial charge >= 0.3 is 0 Å². The molecule has 0 bridgehead atoms. The van der Waals surface area contributed by atoms with Gasteiger partial charge in [0.2, 0.25) is 0 Å². The molecular weight excluding hydrogens is 556 g/mol. The van der Waals surface area contributed by atoms with Gasteiger partial charge < -0.3 is 9.55 Å². The second-order valence-corrected chi connectivity index (χ2v) is 12.6. The van der Waals surface area contributed by atoms with Gasteiger partial charge in [0, 0.05) is 38.3 Å². The fraction of sp³-hybridized carbons (Fsp3) is 0. The Hall–Kier alpha value is -6.12. The van der Waals surface area contributed by atoms with Crippen LogP contribution in [0.4, 0.5) is 0 Å². The molecule has 0 fully saturated rings. The third-order valence-electron chi connectivity index (χ3n) is 10.2. The highest BCUT2D eigenvalue weighted by molar-refractivity contribution is 6.41. The molecule has 0 saturated heterocycles. The van der Waals surface area contributed by atoms with Gasteiger partial charge in [-0.1, -0.05) is 115 Å². The highest BCUT2D eigenvalue weighted by Gasteiger charge is 2.21. The molecule has 2 nitrogen and oxygen atoms in total. The van der Waals surface area contributed by atoms with Crippen molar-refractivity contribution in [2.45, 2.75) is 0 Å². The maximum Gasteiger partial charge on any atom is 0.0553 e. The van der Waals surface area contributed by atoms with E-state index in [1.165, 1.54) is 104 Å². The van der Waals surface area contributed by atoms with Crippen LogP contribution in [0.25, 0.3) is 104 Å². The Morgan fingerprint density at radius 1 is 0.326 bits per heavy atom. The van der Waals surface area contributed by atoms with Crippen LogP contribution in [0.5, 0.6) is 0 Å². The second kappa shape index (κ2) is 8.74. The molecule has 9 aromatic carbocycles. The van der Waals surface area contributed by atoms with Crippen molar-refractivity contribution < 1.29 is 0 Å². The van der Waals surface area contributed by atoms with E-state index in [0.717, 1.165) is 0 Å². The molecule has 46 heavy (non-hydrogen) atoms. The van der Waals surface area contributed by atoms with Gasteiger partial charge in [0.25, 0.3) is 0 Å². The Labute approximate surface area is 264 Å². The smallest absolute Gasteiger partial charge is 0.0553 e. The fourth-order valence-electron chi connectivity index (χ4n) is 8.37. The number of hydrogen-bond donors (Lipinski definition) is 1. The normalized spacial score (nSPS) is 12.3. The summed E-state index contributed by atoms with van der Waals surface area (Å²) < 4.78 is 2.47. The van der Waals surface area contributed by atoms with Crippen LogP contribution in [-0.4, -0.2) is 9.55 Å². The Kier molecular flexibility index (Phi) is 4.61. The van der Waals surface area contributed by atoms with Gasteiger partial charge in [0.15, 0.2) is 0 Å². The number of benzene rings is 9. The largest absolute Gasteiger partial charge is 0.354 e. The number of H-pyrrole nitrogens is 1. The summed E-state index contributed by atoms with van der Waals surface area (Å²) in [5, 5.41) is 15.7. The second-order valence-electron chi connectivity index (χ2n) is 12.6. The van der Waals surface area contributed by atoms with Gasteiger partial charge in [0.05, 0.1) is 11.0 Å². The van der Waals surface area contributed by atoms with Crippen molar-refractivity contribution in [3.05, 3.63) is 152 Å². The number of para-hydroxylation sites is 2. The van der Waals surface area contributed by atoms with E-state index in [1.54, 1.807) is 0 Å². The Bertz CT molecular complexity index is 3010. The van der Waals surface area contributed by atoms with Gasteiger partial charge in [-0.2, -0.15) is 0 Å². The Balaban J connectivity index is 1.36. The highest BCUT2D eigenvalue weighted by atomic mass is 15.0. The Morgan fingerprint density at radius 2 is 0.935 bits per heavy atom. The summed E-state index contributed by atoms with van der Waals surface area (Å²) in [5.74, 6) is 0. The van der Waals surface area contributed by atoms with Crippen LogP contribution < -0.4 is 0 Å². The molecule has 2 heterocycles. The van der Waals surface area contributed by atoms with Gasteiger partial charge in [0.1, 0.15) is 0 Å². The maximum absolute atomic E-state index is 3.76. The summed E-state index contributed by atoms with van der Waals surface area (Å²) in [6.07, 6.45) is 0. The van der Waals surface area contributed by atoms with Gasteiger partial charge in [-0.15, -0.1) is 0 Å². The summed E-state index contributed by atoms with van der Waals surface area (Å²) in [7, 11) is 0. The lowest BCUT2D eigenvalue weighted by Crippen LogP contribution is -1.95. The van der Waals surface area contributed by atoms with E-state index in [2.05, 4.69) is 161 Å². The number of rotatable bonds is 2. The lowest BCUT2D eigenvalue weighted by Gasteiger charge is -2.17. The number of aromatic nitrogens is 2. The Morgan fingerprint density at radius 3 is 1.76 bits per heavy atom. The van der Waals surface area contributed by atoms with E-state index in [1.807, 2.05) is 0 Å². The minimum atomic E-state index is 1.17. The molecule has 0 atom stereocenters. The monoisotopic (exact) mass is 582 g/mol.